The molecule has 0 amide bonds. The lowest BCUT2D eigenvalue weighted by molar-refractivity contribution is -0.384. The van der Waals surface area contributed by atoms with Gasteiger partial charge in [0.2, 0.25) is 5.75 Å². The molecule has 0 saturated heterocycles. The van der Waals surface area contributed by atoms with Gasteiger partial charge in [0.05, 0.1) is 32.3 Å². The third-order valence-electron chi connectivity index (χ3n) is 3.36. The number of benzene rings is 2. The van der Waals surface area contributed by atoms with Gasteiger partial charge in [-0.3, -0.25) is 10.1 Å². The van der Waals surface area contributed by atoms with Crippen LogP contribution in [0, 0.1) is 15.9 Å². The van der Waals surface area contributed by atoms with Gasteiger partial charge < -0.3 is 19.5 Å². The van der Waals surface area contributed by atoms with Crippen LogP contribution in [0.4, 0.5) is 15.8 Å². The fourth-order valence-electron chi connectivity index (χ4n) is 2.24. The quantitative estimate of drug-likeness (QED) is 0.616. The molecule has 0 aromatic heterocycles. The summed E-state index contributed by atoms with van der Waals surface area (Å²) in [6.07, 6.45) is 0. The van der Waals surface area contributed by atoms with Crippen LogP contribution in [0.3, 0.4) is 0 Å². The highest BCUT2D eigenvalue weighted by molar-refractivity contribution is 5.62. The predicted octanol–water partition coefficient (Wildman–Crippen LogP) is 3.37. The molecule has 0 aliphatic carbocycles. The second-order valence-electron chi connectivity index (χ2n) is 4.81. The van der Waals surface area contributed by atoms with E-state index >= 15 is 0 Å². The SMILES string of the molecule is COc1cc(CNc2ccc(F)cc2[N+](=O)[O-])cc(OC)c1OC. The number of rotatable bonds is 7. The second kappa shape index (κ2) is 7.49. The first kappa shape index (κ1) is 17.3. The predicted molar refractivity (Wildman–Crippen MR) is 86.5 cm³/mol. The number of nitro benzene ring substituents is 1. The van der Waals surface area contributed by atoms with Crippen LogP contribution in [0.1, 0.15) is 5.56 Å². The molecule has 0 aliphatic rings. The molecule has 0 atom stereocenters. The van der Waals surface area contributed by atoms with Crippen molar-refractivity contribution >= 4 is 11.4 Å². The van der Waals surface area contributed by atoms with Gasteiger partial charge >= 0.3 is 0 Å². The smallest absolute Gasteiger partial charge is 0.295 e. The van der Waals surface area contributed by atoms with Gasteiger partial charge in [-0.25, -0.2) is 4.39 Å². The lowest BCUT2D eigenvalue weighted by Crippen LogP contribution is -2.04. The van der Waals surface area contributed by atoms with E-state index in [2.05, 4.69) is 5.32 Å². The maximum atomic E-state index is 13.2. The van der Waals surface area contributed by atoms with E-state index in [0.29, 0.717) is 17.2 Å². The van der Waals surface area contributed by atoms with Gasteiger partial charge in [-0.1, -0.05) is 0 Å². The molecule has 128 valence electrons. The molecule has 0 fully saturated rings. The van der Waals surface area contributed by atoms with Crippen LogP contribution in [0.25, 0.3) is 0 Å². The maximum absolute atomic E-state index is 13.2. The number of methoxy groups -OCH3 is 3. The van der Waals surface area contributed by atoms with Crippen LogP contribution in [0.2, 0.25) is 0 Å². The highest BCUT2D eigenvalue weighted by Crippen LogP contribution is 2.38. The number of ether oxygens (including phenoxy) is 3. The number of nitro groups is 1. The largest absolute Gasteiger partial charge is 0.493 e. The van der Waals surface area contributed by atoms with Crippen molar-refractivity contribution in [1.82, 2.24) is 0 Å². The van der Waals surface area contributed by atoms with Gasteiger partial charge in [0.1, 0.15) is 11.5 Å². The molecule has 0 radical (unpaired) electrons. The van der Waals surface area contributed by atoms with Crippen LogP contribution in [-0.4, -0.2) is 26.3 Å². The van der Waals surface area contributed by atoms with Gasteiger partial charge in [-0.2, -0.15) is 0 Å². The molecule has 24 heavy (non-hydrogen) atoms. The lowest BCUT2D eigenvalue weighted by atomic mass is 10.1. The van der Waals surface area contributed by atoms with Crippen LogP contribution in [0.5, 0.6) is 17.2 Å². The van der Waals surface area contributed by atoms with Gasteiger partial charge in [-0.05, 0) is 29.8 Å². The summed E-state index contributed by atoms with van der Waals surface area (Å²) < 4.78 is 28.9. The molecule has 0 heterocycles. The number of halogens is 1. The van der Waals surface area contributed by atoms with E-state index in [0.717, 1.165) is 17.7 Å². The highest BCUT2D eigenvalue weighted by atomic mass is 19.1. The summed E-state index contributed by atoms with van der Waals surface area (Å²) in [7, 11) is 4.50. The lowest BCUT2D eigenvalue weighted by Gasteiger charge is -2.14. The molecule has 1 N–H and O–H groups in total. The molecule has 2 aromatic rings. The summed E-state index contributed by atoms with van der Waals surface area (Å²) in [5, 5.41) is 13.9. The van der Waals surface area contributed by atoms with Crippen molar-refractivity contribution < 1.29 is 23.5 Å². The zero-order valence-corrected chi connectivity index (χ0v) is 13.5. The normalized spacial score (nSPS) is 10.2. The molecule has 0 saturated carbocycles. The van der Waals surface area contributed by atoms with Crippen molar-refractivity contribution in [1.29, 1.82) is 0 Å². The van der Waals surface area contributed by atoms with E-state index < -0.39 is 10.7 Å². The van der Waals surface area contributed by atoms with Crippen LogP contribution in [0.15, 0.2) is 30.3 Å². The standard InChI is InChI=1S/C16H17FN2O5/c1-22-14-6-10(7-15(23-2)16(14)24-3)9-18-12-5-4-11(17)8-13(12)19(20)21/h4-8,18H,9H2,1-3H3. The van der Waals surface area contributed by atoms with Crippen LogP contribution in [-0.2, 0) is 6.54 Å². The number of anilines is 1. The van der Waals surface area contributed by atoms with Gasteiger partial charge in [0.15, 0.2) is 11.5 Å². The van der Waals surface area contributed by atoms with Crippen molar-refractivity contribution in [3.8, 4) is 17.2 Å². The van der Waals surface area contributed by atoms with E-state index in [4.69, 9.17) is 14.2 Å². The van der Waals surface area contributed by atoms with Crippen molar-refractivity contribution in [2.75, 3.05) is 26.6 Å². The molecule has 2 aromatic carbocycles. The first-order valence-electron chi connectivity index (χ1n) is 6.96. The summed E-state index contributed by atoms with van der Waals surface area (Å²) in [4.78, 5) is 10.4. The summed E-state index contributed by atoms with van der Waals surface area (Å²) in [5.74, 6) is 0.737. The van der Waals surface area contributed by atoms with E-state index in [1.54, 1.807) is 12.1 Å². The first-order chi connectivity index (χ1) is 11.5. The monoisotopic (exact) mass is 336 g/mol. The van der Waals surface area contributed by atoms with Crippen molar-refractivity contribution in [3.05, 3.63) is 51.8 Å². The molecule has 0 aliphatic heterocycles. The Morgan fingerprint density at radius 3 is 2.21 bits per heavy atom. The average Bonchev–Trinajstić information content (AvgIpc) is 2.59. The summed E-state index contributed by atoms with van der Waals surface area (Å²) in [6.45, 7) is 0.253. The number of nitrogens with one attached hydrogen (secondary N) is 1. The molecule has 7 nitrogen and oxygen atoms in total. The van der Waals surface area contributed by atoms with Gasteiger partial charge in [0.25, 0.3) is 5.69 Å². The van der Waals surface area contributed by atoms with Crippen LogP contribution < -0.4 is 19.5 Å². The van der Waals surface area contributed by atoms with Crippen molar-refractivity contribution in [3.63, 3.8) is 0 Å². The van der Waals surface area contributed by atoms with Crippen molar-refractivity contribution in [2.24, 2.45) is 0 Å². The van der Waals surface area contributed by atoms with Crippen molar-refractivity contribution in [2.45, 2.75) is 6.54 Å². The Morgan fingerprint density at radius 1 is 1.08 bits per heavy atom. The Morgan fingerprint density at radius 2 is 1.71 bits per heavy atom. The molecular weight excluding hydrogens is 319 g/mol. The Bertz CT molecular complexity index is 726. The molecule has 0 unspecified atom stereocenters. The molecule has 8 heteroatoms. The average molecular weight is 336 g/mol. The summed E-state index contributed by atoms with van der Waals surface area (Å²) in [5.41, 5.74) is 0.640. The van der Waals surface area contributed by atoms with E-state index in [1.165, 1.54) is 27.4 Å². The third-order valence-corrected chi connectivity index (χ3v) is 3.36. The number of hydrogen-bond acceptors (Lipinski definition) is 6. The first-order valence-corrected chi connectivity index (χ1v) is 6.96. The zero-order chi connectivity index (χ0) is 17.7. The zero-order valence-electron chi connectivity index (χ0n) is 13.5. The van der Waals surface area contributed by atoms with E-state index in [-0.39, 0.29) is 17.9 Å². The second-order valence-corrected chi connectivity index (χ2v) is 4.81. The highest BCUT2D eigenvalue weighted by Gasteiger charge is 2.16. The Balaban J connectivity index is 2.28. The topological polar surface area (TPSA) is 82.9 Å². The molecular formula is C16H17FN2O5. The van der Waals surface area contributed by atoms with Gasteiger partial charge in [-0.15, -0.1) is 0 Å². The molecule has 2 rings (SSSR count). The fourth-order valence-corrected chi connectivity index (χ4v) is 2.24. The Hall–Kier alpha value is -3.03. The minimum Gasteiger partial charge on any atom is -0.493 e. The Labute approximate surface area is 138 Å². The van der Waals surface area contributed by atoms with E-state index in [9.17, 15) is 14.5 Å². The third kappa shape index (κ3) is 3.65. The number of hydrogen-bond donors (Lipinski definition) is 1. The van der Waals surface area contributed by atoms with Gasteiger partial charge in [0, 0.05) is 6.54 Å². The minimum atomic E-state index is -0.667. The maximum Gasteiger partial charge on any atom is 0.295 e. The minimum absolute atomic E-state index is 0.218. The summed E-state index contributed by atoms with van der Waals surface area (Å²) in [6, 6.07) is 6.81. The number of nitrogens with zero attached hydrogens (tertiary/aromatic N) is 1. The Kier molecular flexibility index (Phi) is 5.41. The molecule has 0 bridgehead atoms. The summed E-state index contributed by atoms with van der Waals surface area (Å²) >= 11 is 0. The molecule has 0 spiro atoms. The van der Waals surface area contributed by atoms with E-state index in [1.807, 2.05) is 0 Å². The van der Waals surface area contributed by atoms with Crippen LogP contribution >= 0.6 is 0 Å². The fraction of sp³-hybridized carbons (Fsp3) is 0.250.